The zero-order valence-corrected chi connectivity index (χ0v) is 30.3. The quantitative estimate of drug-likeness (QED) is 0.161. The lowest BCUT2D eigenvalue weighted by Gasteiger charge is -2.27. The fourth-order valence-corrected chi connectivity index (χ4v) is 10.5. The van der Waals surface area contributed by atoms with Crippen LogP contribution in [0.4, 0.5) is 17.1 Å². The van der Waals surface area contributed by atoms with Gasteiger partial charge in [-0.25, -0.2) is 0 Å². The van der Waals surface area contributed by atoms with Crippen molar-refractivity contribution < 1.29 is 0 Å². The summed E-state index contributed by atoms with van der Waals surface area (Å²) in [4.78, 5) is 2.49. The lowest BCUT2D eigenvalue weighted by Crippen LogP contribution is -2.10. The first-order chi connectivity index (χ1) is 26.3. The highest BCUT2D eigenvalue weighted by molar-refractivity contribution is 7.26. The lowest BCUT2D eigenvalue weighted by atomic mass is 9.97. The third kappa shape index (κ3) is 4.97. The Morgan fingerprint density at radius 2 is 0.925 bits per heavy atom. The van der Waals surface area contributed by atoms with Crippen molar-refractivity contribution >= 4 is 102 Å². The van der Waals surface area contributed by atoms with Crippen LogP contribution in [0.2, 0.25) is 0 Å². The summed E-state index contributed by atoms with van der Waals surface area (Å²) in [6.45, 7) is 0. The molecular weight excluding hydrogens is 679 g/mol. The van der Waals surface area contributed by atoms with Crippen molar-refractivity contribution in [3.63, 3.8) is 0 Å². The number of benzene rings is 9. The maximum Gasteiger partial charge on any atom is 0.0555 e. The monoisotopic (exact) mass is 709 g/mol. The molecule has 0 aliphatic rings. The Morgan fingerprint density at radius 1 is 0.340 bits per heavy atom. The van der Waals surface area contributed by atoms with Gasteiger partial charge in [0.2, 0.25) is 0 Å². The van der Waals surface area contributed by atoms with Crippen molar-refractivity contribution in [1.29, 1.82) is 0 Å². The van der Waals surface area contributed by atoms with Gasteiger partial charge < -0.3 is 4.90 Å². The molecule has 11 rings (SSSR count). The van der Waals surface area contributed by atoms with Gasteiger partial charge in [-0.2, -0.15) is 0 Å². The van der Waals surface area contributed by atoms with Crippen molar-refractivity contribution in [3.05, 3.63) is 188 Å². The highest BCUT2D eigenvalue weighted by Crippen LogP contribution is 2.49. The Kier molecular flexibility index (Phi) is 6.97. The van der Waals surface area contributed by atoms with Gasteiger partial charge in [0.25, 0.3) is 0 Å². The van der Waals surface area contributed by atoms with E-state index in [0.29, 0.717) is 0 Å². The standard InChI is InChI=1S/C50H31NS2/c1-2-10-32(11-3-1)33-18-20-35(21-19-33)41-28-29-45(49-44-15-7-9-17-47(44)53-50(41)49)51(38-25-27-43-42-14-6-8-16-46(42)52-48(43)31-38)37-24-26-40-36(30-37)23-22-34-12-4-5-13-39(34)40/h1-31H. The first-order valence-electron chi connectivity index (χ1n) is 18.0. The van der Waals surface area contributed by atoms with E-state index in [9.17, 15) is 0 Å². The molecule has 2 aromatic heterocycles. The number of fused-ring (bicyclic) bond motifs is 9. The predicted molar refractivity (Wildman–Crippen MR) is 233 cm³/mol. The normalized spacial score (nSPS) is 11.8. The average molecular weight is 710 g/mol. The molecule has 9 aromatic carbocycles. The molecule has 0 N–H and O–H groups in total. The number of hydrogen-bond donors (Lipinski definition) is 0. The van der Waals surface area contributed by atoms with Gasteiger partial charge in [-0.15, -0.1) is 22.7 Å². The van der Waals surface area contributed by atoms with Crippen molar-refractivity contribution in [2.45, 2.75) is 0 Å². The molecule has 0 saturated heterocycles. The molecule has 0 radical (unpaired) electrons. The van der Waals surface area contributed by atoms with Gasteiger partial charge in [0, 0.05) is 51.7 Å². The molecule has 0 aliphatic carbocycles. The Hall–Kier alpha value is -6.26. The highest BCUT2D eigenvalue weighted by atomic mass is 32.1. The second-order valence-corrected chi connectivity index (χ2v) is 15.8. The van der Waals surface area contributed by atoms with Crippen molar-refractivity contribution in [3.8, 4) is 22.3 Å². The molecule has 0 unspecified atom stereocenters. The summed E-state index contributed by atoms with van der Waals surface area (Å²) >= 11 is 3.76. The Morgan fingerprint density at radius 3 is 1.75 bits per heavy atom. The van der Waals surface area contributed by atoms with Crippen LogP contribution in [0.25, 0.3) is 84.1 Å². The fraction of sp³-hybridized carbons (Fsp3) is 0. The van der Waals surface area contributed by atoms with E-state index in [1.165, 1.54) is 89.8 Å². The summed E-state index contributed by atoms with van der Waals surface area (Å²) in [5.74, 6) is 0. The van der Waals surface area contributed by atoms with E-state index in [0.717, 1.165) is 11.4 Å². The molecule has 2 heterocycles. The van der Waals surface area contributed by atoms with Crippen LogP contribution < -0.4 is 4.90 Å². The van der Waals surface area contributed by atoms with Gasteiger partial charge in [0.1, 0.15) is 0 Å². The van der Waals surface area contributed by atoms with Gasteiger partial charge in [0.05, 0.1) is 5.69 Å². The number of thiophene rings is 2. The molecule has 1 nitrogen and oxygen atoms in total. The fourth-order valence-electron chi connectivity index (χ4n) is 8.12. The molecule has 0 atom stereocenters. The first-order valence-corrected chi connectivity index (χ1v) is 19.6. The second kappa shape index (κ2) is 12.2. The van der Waals surface area contributed by atoms with Crippen molar-refractivity contribution in [2.24, 2.45) is 0 Å². The van der Waals surface area contributed by atoms with E-state index in [2.05, 4.69) is 193 Å². The van der Waals surface area contributed by atoms with Crippen LogP contribution in [0.3, 0.4) is 0 Å². The first kappa shape index (κ1) is 30.4. The maximum absolute atomic E-state index is 2.49. The smallest absolute Gasteiger partial charge is 0.0555 e. The number of anilines is 3. The summed E-state index contributed by atoms with van der Waals surface area (Å²) in [7, 11) is 0. The molecule has 248 valence electrons. The van der Waals surface area contributed by atoms with E-state index in [-0.39, 0.29) is 0 Å². The molecule has 0 aliphatic heterocycles. The molecule has 53 heavy (non-hydrogen) atoms. The van der Waals surface area contributed by atoms with Crippen LogP contribution in [0.1, 0.15) is 0 Å². The molecular formula is C50H31NS2. The Bertz CT molecular complexity index is 3170. The second-order valence-electron chi connectivity index (χ2n) is 13.7. The zero-order valence-electron chi connectivity index (χ0n) is 28.7. The van der Waals surface area contributed by atoms with Crippen LogP contribution in [0, 0.1) is 0 Å². The topological polar surface area (TPSA) is 3.24 Å². The summed E-state index contributed by atoms with van der Waals surface area (Å²) < 4.78 is 5.21. The van der Waals surface area contributed by atoms with E-state index in [4.69, 9.17) is 0 Å². The molecule has 0 amide bonds. The Balaban J connectivity index is 1.16. The van der Waals surface area contributed by atoms with Crippen molar-refractivity contribution in [1.82, 2.24) is 0 Å². The van der Waals surface area contributed by atoms with E-state index in [1.54, 1.807) is 0 Å². The maximum atomic E-state index is 2.49. The minimum Gasteiger partial charge on any atom is -0.310 e. The minimum absolute atomic E-state index is 1.14. The summed E-state index contributed by atoms with van der Waals surface area (Å²) in [6, 6.07) is 69.2. The van der Waals surface area contributed by atoms with Crippen LogP contribution in [-0.4, -0.2) is 0 Å². The van der Waals surface area contributed by atoms with Crippen LogP contribution >= 0.6 is 22.7 Å². The molecule has 0 saturated carbocycles. The zero-order chi connectivity index (χ0) is 34.9. The van der Waals surface area contributed by atoms with E-state index < -0.39 is 0 Å². The molecule has 0 spiro atoms. The van der Waals surface area contributed by atoms with E-state index >= 15 is 0 Å². The largest absolute Gasteiger partial charge is 0.310 e. The van der Waals surface area contributed by atoms with Gasteiger partial charge in [-0.05, 0) is 86.3 Å². The molecule has 3 heteroatoms. The predicted octanol–water partition coefficient (Wildman–Crippen LogP) is 15.5. The third-order valence-corrected chi connectivity index (χ3v) is 13.0. The highest BCUT2D eigenvalue weighted by Gasteiger charge is 2.22. The average Bonchev–Trinajstić information content (AvgIpc) is 3.80. The third-order valence-electron chi connectivity index (χ3n) is 10.7. The number of rotatable bonds is 5. The number of hydrogen-bond acceptors (Lipinski definition) is 3. The molecule has 0 bridgehead atoms. The van der Waals surface area contributed by atoms with Gasteiger partial charge in [-0.1, -0.05) is 146 Å². The molecule has 0 fully saturated rings. The van der Waals surface area contributed by atoms with E-state index in [1.807, 2.05) is 22.7 Å². The van der Waals surface area contributed by atoms with Crippen LogP contribution in [-0.2, 0) is 0 Å². The lowest BCUT2D eigenvalue weighted by molar-refractivity contribution is 1.31. The summed E-state index contributed by atoms with van der Waals surface area (Å²) in [6.07, 6.45) is 0. The Labute approximate surface area is 315 Å². The van der Waals surface area contributed by atoms with Crippen LogP contribution in [0.15, 0.2) is 188 Å². The SMILES string of the molecule is c1ccc(-c2ccc(-c3ccc(N(c4ccc5c(ccc6ccccc65)c4)c4ccc5c(c4)sc4ccccc45)c4c3sc3ccccc34)cc2)cc1. The van der Waals surface area contributed by atoms with Crippen molar-refractivity contribution in [2.75, 3.05) is 4.90 Å². The van der Waals surface area contributed by atoms with Crippen LogP contribution in [0.5, 0.6) is 0 Å². The summed E-state index contributed by atoms with van der Waals surface area (Å²) in [5, 5.41) is 10.2. The molecule has 11 aromatic rings. The van der Waals surface area contributed by atoms with Gasteiger partial charge in [-0.3, -0.25) is 0 Å². The van der Waals surface area contributed by atoms with Gasteiger partial charge in [0.15, 0.2) is 0 Å². The number of nitrogens with zero attached hydrogens (tertiary/aromatic N) is 1. The minimum atomic E-state index is 1.14. The van der Waals surface area contributed by atoms with Gasteiger partial charge >= 0.3 is 0 Å². The summed E-state index contributed by atoms with van der Waals surface area (Å²) in [5.41, 5.74) is 8.42.